The molecule has 1 aliphatic carbocycles. The summed E-state index contributed by atoms with van der Waals surface area (Å²) in [5.41, 5.74) is 4.28. The van der Waals surface area contributed by atoms with Gasteiger partial charge in [-0.1, -0.05) is 37.3 Å². The highest BCUT2D eigenvalue weighted by atomic mass is 19.3. The maximum atomic E-state index is 13.8. The number of alkyl halides is 2. The van der Waals surface area contributed by atoms with Crippen LogP contribution in [0, 0.1) is 5.92 Å². The third kappa shape index (κ3) is 4.07. The quantitative estimate of drug-likeness (QED) is 0.656. The number of anilines is 1. The number of piperazine rings is 1. The molecule has 0 saturated carbocycles. The van der Waals surface area contributed by atoms with Crippen LogP contribution in [0.1, 0.15) is 18.9 Å². The average molecular weight is 495 g/mol. The maximum Gasteiger partial charge on any atom is 0.586 e. The summed E-state index contributed by atoms with van der Waals surface area (Å²) < 4.78 is 37.0. The highest BCUT2D eigenvalue weighted by Gasteiger charge is 2.45. The number of carbonyl (C=O) groups is 1. The zero-order chi connectivity index (χ0) is 24.9. The SMILES string of the molecule is CCN1CCN(C(=O)C2C=CC=C(C3=Cc4c(-c5cccc6c5OC(F)(F)O6)c[nH]c4NC3)C2)CC1. The van der Waals surface area contributed by atoms with Crippen molar-refractivity contribution in [1.82, 2.24) is 14.8 Å². The third-order valence-corrected chi connectivity index (χ3v) is 7.35. The van der Waals surface area contributed by atoms with E-state index in [-0.39, 0.29) is 23.3 Å². The van der Waals surface area contributed by atoms with Crippen LogP contribution in [0.4, 0.5) is 14.6 Å². The number of nitrogens with one attached hydrogen (secondary N) is 2. The summed E-state index contributed by atoms with van der Waals surface area (Å²) in [6.45, 7) is 7.13. The lowest BCUT2D eigenvalue weighted by Crippen LogP contribution is -2.50. The lowest BCUT2D eigenvalue weighted by atomic mass is 9.86. The van der Waals surface area contributed by atoms with Crippen molar-refractivity contribution < 1.29 is 23.0 Å². The van der Waals surface area contributed by atoms with Gasteiger partial charge < -0.3 is 29.6 Å². The van der Waals surface area contributed by atoms with Gasteiger partial charge in [0.1, 0.15) is 5.82 Å². The number of fused-ring (bicyclic) bond motifs is 2. The van der Waals surface area contributed by atoms with Crippen molar-refractivity contribution >= 4 is 17.8 Å². The molecule has 36 heavy (non-hydrogen) atoms. The van der Waals surface area contributed by atoms with Crippen LogP contribution in [0.5, 0.6) is 11.5 Å². The number of aromatic nitrogens is 1. The van der Waals surface area contributed by atoms with E-state index < -0.39 is 6.29 Å². The second kappa shape index (κ2) is 8.81. The van der Waals surface area contributed by atoms with Gasteiger partial charge in [-0.2, -0.15) is 0 Å². The van der Waals surface area contributed by atoms with Gasteiger partial charge in [-0.3, -0.25) is 4.79 Å². The standard InChI is InChI=1S/C27H28F2N4O3/c1-2-32-9-11-33(12-10-32)26(34)18-6-3-5-17(13-18)19-14-21-22(16-31-25(21)30-15-19)20-7-4-8-23-24(20)36-27(28,29)35-23/h3-8,14,16,18,30-31H,2,9-13,15H2,1H3. The van der Waals surface area contributed by atoms with E-state index in [2.05, 4.69) is 39.0 Å². The first-order valence-corrected chi connectivity index (χ1v) is 12.4. The van der Waals surface area contributed by atoms with E-state index in [0.29, 0.717) is 18.5 Å². The molecule has 9 heteroatoms. The molecule has 188 valence electrons. The van der Waals surface area contributed by atoms with Crippen LogP contribution in [-0.2, 0) is 4.79 Å². The molecule has 2 aromatic rings. The van der Waals surface area contributed by atoms with Gasteiger partial charge in [0.2, 0.25) is 5.91 Å². The third-order valence-electron chi connectivity index (χ3n) is 7.35. The maximum absolute atomic E-state index is 13.8. The van der Waals surface area contributed by atoms with Crippen LogP contribution >= 0.6 is 0 Å². The molecule has 1 fully saturated rings. The summed E-state index contributed by atoms with van der Waals surface area (Å²) in [5.74, 6) is 0.847. The Labute approximate surface area is 208 Å². The molecule has 0 spiro atoms. The molecule has 2 N–H and O–H groups in total. The number of amides is 1. The molecule has 3 aliphatic heterocycles. The van der Waals surface area contributed by atoms with Crippen LogP contribution in [-0.4, -0.2) is 66.3 Å². The van der Waals surface area contributed by atoms with Crippen molar-refractivity contribution in [2.45, 2.75) is 19.6 Å². The smallest absolute Gasteiger partial charge is 0.395 e. The van der Waals surface area contributed by atoms with Gasteiger partial charge >= 0.3 is 6.29 Å². The first-order valence-electron chi connectivity index (χ1n) is 12.4. The molecule has 4 aliphatic rings. The number of rotatable bonds is 4. The second-order valence-electron chi connectivity index (χ2n) is 9.46. The number of hydrogen-bond acceptors (Lipinski definition) is 5. The molecule has 1 aromatic carbocycles. The predicted molar refractivity (Wildman–Crippen MR) is 133 cm³/mol. The van der Waals surface area contributed by atoms with Crippen molar-refractivity contribution in [2.24, 2.45) is 5.92 Å². The molecular weight excluding hydrogens is 466 g/mol. The van der Waals surface area contributed by atoms with Gasteiger partial charge in [0.15, 0.2) is 11.5 Å². The Hall–Kier alpha value is -3.59. The fourth-order valence-electron chi connectivity index (χ4n) is 5.36. The van der Waals surface area contributed by atoms with Gasteiger partial charge in [0.25, 0.3) is 0 Å². The number of ether oxygens (including phenoxy) is 2. The summed E-state index contributed by atoms with van der Waals surface area (Å²) in [7, 11) is 0. The number of nitrogens with zero attached hydrogens (tertiary/aromatic N) is 2. The molecule has 1 saturated heterocycles. The van der Waals surface area contributed by atoms with E-state index in [1.54, 1.807) is 18.3 Å². The number of likely N-dealkylation sites (N-methyl/N-ethyl adjacent to an activating group) is 1. The van der Waals surface area contributed by atoms with Crippen molar-refractivity contribution in [3.05, 3.63) is 59.3 Å². The lowest BCUT2D eigenvalue weighted by molar-refractivity contribution is -0.286. The summed E-state index contributed by atoms with van der Waals surface area (Å²) in [4.78, 5) is 20.8. The Morgan fingerprint density at radius 1 is 1.14 bits per heavy atom. The van der Waals surface area contributed by atoms with Crippen molar-refractivity contribution in [1.29, 1.82) is 0 Å². The first-order chi connectivity index (χ1) is 17.4. The fourth-order valence-corrected chi connectivity index (χ4v) is 5.36. The Morgan fingerprint density at radius 3 is 2.78 bits per heavy atom. The molecule has 1 atom stereocenters. The Kier molecular flexibility index (Phi) is 5.59. The van der Waals surface area contributed by atoms with Crippen LogP contribution in [0.25, 0.3) is 17.2 Å². The zero-order valence-electron chi connectivity index (χ0n) is 20.0. The van der Waals surface area contributed by atoms with Gasteiger partial charge in [0, 0.05) is 55.6 Å². The minimum Gasteiger partial charge on any atom is -0.395 e. The number of para-hydroxylation sites is 1. The molecule has 1 aromatic heterocycles. The summed E-state index contributed by atoms with van der Waals surface area (Å²) in [5, 5.41) is 3.39. The summed E-state index contributed by atoms with van der Waals surface area (Å²) >= 11 is 0. The number of H-pyrrole nitrogens is 1. The van der Waals surface area contributed by atoms with E-state index >= 15 is 0 Å². The van der Waals surface area contributed by atoms with E-state index in [1.807, 2.05) is 17.1 Å². The minimum atomic E-state index is -3.68. The fraction of sp³-hybridized carbons (Fsp3) is 0.370. The van der Waals surface area contributed by atoms with Gasteiger partial charge in [-0.05, 0) is 36.3 Å². The second-order valence-corrected chi connectivity index (χ2v) is 9.46. The van der Waals surface area contributed by atoms with Gasteiger partial charge in [0.05, 0.1) is 5.92 Å². The lowest BCUT2D eigenvalue weighted by Gasteiger charge is -2.36. The highest BCUT2D eigenvalue weighted by molar-refractivity contribution is 5.89. The van der Waals surface area contributed by atoms with Crippen LogP contribution in [0.3, 0.4) is 0 Å². The average Bonchev–Trinajstić information content (AvgIpc) is 3.47. The number of benzene rings is 1. The van der Waals surface area contributed by atoms with Crippen LogP contribution in [0.15, 0.2) is 53.8 Å². The van der Waals surface area contributed by atoms with Crippen LogP contribution in [0.2, 0.25) is 0 Å². The topological polar surface area (TPSA) is 69.8 Å². The molecular formula is C27H28F2N4O3. The number of aromatic amines is 1. The number of allylic oxidation sites excluding steroid dienone is 2. The molecule has 7 nitrogen and oxygen atoms in total. The molecule has 0 bridgehead atoms. The van der Waals surface area contributed by atoms with Gasteiger partial charge in [-0.25, -0.2) is 0 Å². The van der Waals surface area contributed by atoms with E-state index in [9.17, 15) is 13.6 Å². The van der Waals surface area contributed by atoms with Crippen LogP contribution < -0.4 is 14.8 Å². The Balaban J connectivity index is 1.24. The summed E-state index contributed by atoms with van der Waals surface area (Å²) in [6, 6.07) is 4.88. The zero-order valence-corrected chi connectivity index (χ0v) is 20.0. The molecule has 4 heterocycles. The minimum absolute atomic E-state index is 0.0154. The van der Waals surface area contributed by atoms with Crippen molar-refractivity contribution in [3.8, 4) is 22.6 Å². The Morgan fingerprint density at radius 2 is 1.97 bits per heavy atom. The normalized spacial score (nSPS) is 22.5. The molecule has 1 amide bonds. The number of hydrogen-bond donors (Lipinski definition) is 2. The first kappa shape index (κ1) is 22.8. The monoisotopic (exact) mass is 494 g/mol. The van der Waals surface area contributed by atoms with E-state index in [1.165, 1.54) is 6.07 Å². The number of carbonyl (C=O) groups excluding carboxylic acids is 1. The molecule has 1 unspecified atom stereocenters. The summed E-state index contributed by atoms with van der Waals surface area (Å²) in [6.07, 6.45) is 6.82. The van der Waals surface area contributed by atoms with Crippen molar-refractivity contribution in [3.63, 3.8) is 0 Å². The van der Waals surface area contributed by atoms with Crippen molar-refractivity contribution in [2.75, 3.05) is 44.6 Å². The Bertz CT molecular complexity index is 1290. The predicted octanol–water partition coefficient (Wildman–Crippen LogP) is 4.48. The largest absolute Gasteiger partial charge is 0.586 e. The molecule has 0 radical (unpaired) electrons. The highest BCUT2D eigenvalue weighted by Crippen LogP contribution is 2.49. The molecule has 6 rings (SSSR count). The number of halogens is 2. The van der Waals surface area contributed by atoms with E-state index in [4.69, 9.17) is 4.74 Å². The van der Waals surface area contributed by atoms with Gasteiger partial charge in [-0.15, -0.1) is 8.78 Å². The van der Waals surface area contributed by atoms with E-state index in [0.717, 1.165) is 60.8 Å².